The van der Waals surface area contributed by atoms with E-state index in [4.69, 9.17) is 5.11 Å². The maximum atomic E-state index is 11.8. The second-order valence-corrected chi connectivity index (χ2v) is 6.32. The average Bonchev–Trinajstić information content (AvgIpc) is 2.96. The van der Waals surface area contributed by atoms with Crippen molar-refractivity contribution in [3.05, 3.63) is 38.9 Å². The van der Waals surface area contributed by atoms with Crippen LogP contribution in [0, 0.1) is 6.92 Å². The van der Waals surface area contributed by atoms with Gasteiger partial charge >= 0.3 is 5.97 Å². The van der Waals surface area contributed by atoms with E-state index in [2.05, 4.69) is 5.32 Å². The summed E-state index contributed by atoms with van der Waals surface area (Å²) in [4.78, 5) is 24.8. The van der Waals surface area contributed by atoms with E-state index >= 15 is 0 Å². The third-order valence-corrected chi connectivity index (χ3v) is 4.42. The monoisotopic (exact) mass is 295 g/mol. The van der Waals surface area contributed by atoms with Gasteiger partial charge in [0.25, 0.3) is 0 Å². The highest BCUT2D eigenvalue weighted by atomic mass is 32.1. The minimum absolute atomic E-state index is 0.155. The molecule has 0 fully saturated rings. The summed E-state index contributed by atoms with van der Waals surface area (Å²) in [7, 11) is 0. The van der Waals surface area contributed by atoms with Crippen molar-refractivity contribution in [2.75, 3.05) is 5.32 Å². The molecule has 2 aromatic rings. The molecular formula is C13H13NO3S2. The van der Waals surface area contributed by atoms with E-state index in [-0.39, 0.29) is 11.5 Å². The van der Waals surface area contributed by atoms with E-state index in [9.17, 15) is 9.59 Å². The number of rotatable bonds is 5. The first-order valence-corrected chi connectivity index (χ1v) is 7.42. The maximum Gasteiger partial charge on any atom is 0.338 e. The summed E-state index contributed by atoms with van der Waals surface area (Å²) in [6, 6.07) is 5.50. The van der Waals surface area contributed by atoms with Crippen molar-refractivity contribution in [2.45, 2.75) is 19.8 Å². The standard InChI is InChI=1S/C13H13NO3S2/c1-8-7-10(13(16)17)12(19-8)14-11(15)5-4-9-3-2-6-18-9/h2-3,6-7H,4-5H2,1H3,(H,14,15)(H,16,17). The molecule has 0 bridgehead atoms. The molecule has 0 aromatic carbocycles. The molecule has 0 spiro atoms. The number of amides is 1. The van der Waals surface area contributed by atoms with Crippen LogP contribution >= 0.6 is 22.7 Å². The predicted molar refractivity (Wildman–Crippen MR) is 77.3 cm³/mol. The van der Waals surface area contributed by atoms with Gasteiger partial charge in [0.05, 0.1) is 5.56 Å². The number of hydrogen-bond acceptors (Lipinski definition) is 4. The molecule has 2 rings (SSSR count). The second kappa shape index (κ2) is 5.99. The van der Waals surface area contributed by atoms with Crippen LogP contribution in [-0.4, -0.2) is 17.0 Å². The fourth-order valence-corrected chi connectivity index (χ4v) is 3.28. The van der Waals surface area contributed by atoms with Gasteiger partial charge in [-0.25, -0.2) is 4.79 Å². The fourth-order valence-electron chi connectivity index (χ4n) is 1.65. The molecule has 0 saturated heterocycles. The van der Waals surface area contributed by atoms with Crippen LogP contribution in [0.3, 0.4) is 0 Å². The van der Waals surface area contributed by atoms with Crippen LogP contribution in [0.2, 0.25) is 0 Å². The molecule has 100 valence electrons. The molecule has 0 saturated carbocycles. The average molecular weight is 295 g/mol. The number of carboxylic acids is 1. The minimum Gasteiger partial charge on any atom is -0.478 e. The topological polar surface area (TPSA) is 66.4 Å². The van der Waals surface area contributed by atoms with Crippen LogP contribution in [0.1, 0.15) is 26.5 Å². The van der Waals surface area contributed by atoms with Crippen LogP contribution in [0.25, 0.3) is 0 Å². The number of hydrogen-bond donors (Lipinski definition) is 2. The second-order valence-electron chi connectivity index (χ2n) is 4.03. The van der Waals surface area contributed by atoms with Gasteiger partial charge in [0.15, 0.2) is 0 Å². The number of carbonyl (C=O) groups is 2. The van der Waals surface area contributed by atoms with Crippen molar-refractivity contribution in [2.24, 2.45) is 0 Å². The van der Waals surface area contributed by atoms with Crippen molar-refractivity contribution >= 4 is 39.6 Å². The number of nitrogens with one attached hydrogen (secondary N) is 1. The molecule has 1 amide bonds. The van der Waals surface area contributed by atoms with Gasteiger partial charge in [-0.15, -0.1) is 22.7 Å². The highest BCUT2D eigenvalue weighted by Crippen LogP contribution is 2.27. The zero-order chi connectivity index (χ0) is 13.8. The first-order valence-electron chi connectivity index (χ1n) is 5.72. The number of aromatic carboxylic acids is 1. The van der Waals surface area contributed by atoms with Gasteiger partial charge in [0, 0.05) is 16.2 Å². The van der Waals surface area contributed by atoms with Gasteiger partial charge < -0.3 is 10.4 Å². The predicted octanol–water partition coefficient (Wildman–Crippen LogP) is 3.39. The Morgan fingerprint density at radius 2 is 2.21 bits per heavy atom. The zero-order valence-electron chi connectivity index (χ0n) is 10.3. The lowest BCUT2D eigenvalue weighted by Gasteiger charge is -2.03. The summed E-state index contributed by atoms with van der Waals surface area (Å²) in [5.41, 5.74) is 0.159. The molecule has 2 aromatic heterocycles. The number of thiophene rings is 2. The van der Waals surface area contributed by atoms with Gasteiger partial charge in [-0.1, -0.05) is 6.07 Å². The van der Waals surface area contributed by atoms with Crippen molar-refractivity contribution < 1.29 is 14.7 Å². The minimum atomic E-state index is -1.02. The molecule has 0 aliphatic rings. The molecule has 6 heteroatoms. The quantitative estimate of drug-likeness (QED) is 0.888. The lowest BCUT2D eigenvalue weighted by molar-refractivity contribution is -0.116. The Morgan fingerprint density at radius 1 is 1.42 bits per heavy atom. The largest absolute Gasteiger partial charge is 0.478 e. The van der Waals surface area contributed by atoms with Crippen LogP contribution in [0.15, 0.2) is 23.6 Å². The summed E-state index contributed by atoms with van der Waals surface area (Å²) in [5, 5.41) is 14.1. The molecular weight excluding hydrogens is 282 g/mol. The van der Waals surface area contributed by atoms with Gasteiger partial charge in [0.1, 0.15) is 5.00 Å². The zero-order valence-corrected chi connectivity index (χ0v) is 11.9. The smallest absolute Gasteiger partial charge is 0.338 e. The fraction of sp³-hybridized carbons (Fsp3) is 0.231. The van der Waals surface area contributed by atoms with Crippen molar-refractivity contribution in [1.82, 2.24) is 0 Å². The van der Waals surface area contributed by atoms with Crippen LogP contribution < -0.4 is 5.32 Å². The molecule has 2 N–H and O–H groups in total. The lowest BCUT2D eigenvalue weighted by atomic mass is 10.2. The Balaban J connectivity index is 1.97. The van der Waals surface area contributed by atoms with E-state index in [1.807, 2.05) is 24.4 Å². The van der Waals surface area contributed by atoms with Gasteiger partial charge in [-0.05, 0) is 30.9 Å². The molecule has 4 nitrogen and oxygen atoms in total. The molecule has 19 heavy (non-hydrogen) atoms. The number of anilines is 1. The van der Waals surface area contributed by atoms with E-state index < -0.39 is 5.97 Å². The highest BCUT2D eigenvalue weighted by molar-refractivity contribution is 7.16. The molecule has 0 aliphatic carbocycles. The van der Waals surface area contributed by atoms with Gasteiger partial charge in [-0.2, -0.15) is 0 Å². The summed E-state index contributed by atoms with van der Waals surface area (Å²) in [5.74, 6) is -1.17. The maximum absolute atomic E-state index is 11.8. The highest BCUT2D eigenvalue weighted by Gasteiger charge is 2.15. The Labute approximate surface area is 118 Å². The van der Waals surface area contributed by atoms with Gasteiger partial charge in [-0.3, -0.25) is 4.79 Å². The number of carboxylic acid groups (broad SMARTS) is 1. The van der Waals surface area contributed by atoms with Crippen molar-refractivity contribution in [3.8, 4) is 0 Å². The first kappa shape index (κ1) is 13.8. The summed E-state index contributed by atoms with van der Waals surface area (Å²) in [6.45, 7) is 1.82. The van der Waals surface area contributed by atoms with E-state index in [1.54, 1.807) is 17.4 Å². The lowest BCUT2D eigenvalue weighted by Crippen LogP contribution is -2.13. The Bertz CT molecular complexity index is 587. The normalized spacial score (nSPS) is 10.4. The molecule has 0 radical (unpaired) electrons. The molecule has 0 unspecified atom stereocenters. The third-order valence-electron chi connectivity index (χ3n) is 2.52. The Morgan fingerprint density at radius 3 is 2.84 bits per heavy atom. The van der Waals surface area contributed by atoms with Crippen LogP contribution in [-0.2, 0) is 11.2 Å². The van der Waals surface area contributed by atoms with E-state index in [1.165, 1.54) is 11.3 Å². The summed E-state index contributed by atoms with van der Waals surface area (Å²) >= 11 is 2.90. The van der Waals surface area contributed by atoms with Crippen LogP contribution in [0.4, 0.5) is 5.00 Å². The van der Waals surface area contributed by atoms with Gasteiger partial charge in [0.2, 0.25) is 5.91 Å². The van der Waals surface area contributed by atoms with Crippen LogP contribution in [0.5, 0.6) is 0 Å². The first-order chi connectivity index (χ1) is 9.06. The summed E-state index contributed by atoms with van der Waals surface area (Å²) < 4.78 is 0. The SMILES string of the molecule is Cc1cc(C(=O)O)c(NC(=O)CCc2cccs2)s1. The molecule has 0 aliphatic heterocycles. The molecule has 0 atom stereocenters. The number of aryl methyl sites for hydroxylation is 2. The van der Waals surface area contributed by atoms with E-state index in [0.29, 0.717) is 17.8 Å². The third kappa shape index (κ3) is 3.65. The number of carbonyl (C=O) groups excluding carboxylic acids is 1. The molecule has 2 heterocycles. The van der Waals surface area contributed by atoms with E-state index in [0.717, 1.165) is 9.75 Å². The van der Waals surface area contributed by atoms with Crippen molar-refractivity contribution in [1.29, 1.82) is 0 Å². The Hall–Kier alpha value is -1.66. The Kier molecular flexibility index (Phi) is 4.34. The van der Waals surface area contributed by atoms with Crippen molar-refractivity contribution in [3.63, 3.8) is 0 Å². The summed E-state index contributed by atoms with van der Waals surface area (Å²) in [6.07, 6.45) is 1.03.